The maximum Gasteiger partial charge on any atom is 0.140 e. The molecule has 0 spiro atoms. The first-order valence-electron chi connectivity index (χ1n) is 5.72. The Balaban J connectivity index is 1.97. The minimum Gasteiger partial charge on any atom is -0.381 e. The van der Waals surface area contributed by atoms with E-state index in [4.69, 9.17) is 16.3 Å². The van der Waals surface area contributed by atoms with Crippen LogP contribution in [0.2, 0.25) is 5.02 Å². The van der Waals surface area contributed by atoms with E-state index in [9.17, 15) is 0 Å². The predicted octanol–water partition coefficient (Wildman–Crippen LogP) is 3.73. The summed E-state index contributed by atoms with van der Waals surface area (Å²) in [7, 11) is 0. The fourth-order valence-corrected chi connectivity index (χ4v) is 2.66. The molecule has 0 atom stereocenters. The van der Waals surface area contributed by atoms with Gasteiger partial charge < -0.3 is 10.1 Å². The van der Waals surface area contributed by atoms with Gasteiger partial charge in [-0.2, -0.15) is 0 Å². The van der Waals surface area contributed by atoms with Crippen molar-refractivity contribution in [2.75, 3.05) is 25.1 Å². The lowest BCUT2D eigenvalue weighted by molar-refractivity contribution is 0.0299. The Labute approximate surface area is 115 Å². The number of nitrogens with one attached hydrogen (secondary N) is 1. The number of halogens is 2. The lowest BCUT2D eigenvalue weighted by Crippen LogP contribution is -2.33. The standard InChI is InChI=1S/C12H16BrClN2O/c1-12(2-4-17-5-3-12)8-16-11-10(13)6-9(14)7-15-11/h6-7H,2-5,8H2,1H3,(H,15,16). The molecule has 1 aliphatic heterocycles. The molecule has 3 nitrogen and oxygen atoms in total. The Hall–Kier alpha value is -0.320. The van der Waals surface area contributed by atoms with Crippen LogP contribution in [0.5, 0.6) is 0 Å². The van der Waals surface area contributed by atoms with Crippen molar-refractivity contribution in [3.05, 3.63) is 21.8 Å². The average molecular weight is 320 g/mol. The van der Waals surface area contributed by atoms with Crippen LogP contribution in [-0.4, -0.2) is 24.7 Å². The number of anilines is 1. The zero-order chi connectivity index (χ0) is 12.3. The number of hydrogen-bond acceptors (Lipinski definition) is 3. The molecule has 0 aromatic carbocycles. The van der Waals surface area contributed by atoms with Crippen LogP contribution < -0.4 is 5.32 Å². The second kappa shape index (κ2) is 5.55. The lowest BCUT2D eigenvalue weighted by Gasteiger charge is -2.33. The van der Waals surface area contributed by atoms with E-state index in [1.807, 2.05) is 6.07 Å². The molecule has 0 amide bonds. The molecule has 0 saturated carbocycles. The Morgan fingerprint density at radius 1 is 1.53 bits per heavy atom. The maximum atomic E-state index is 5.86. The van der Waals surface area contributed by atoms with Gasteiger partial charge in [-0.1, -0.05) is 18.5 Å². The summed E-state index contributed by atoms with van der Waals surface area (Å²) in [5.41, 5.74) is 0.291. The van der Waals surface area contributed by atoms with Gasteiger partial charge in [0.05, 0.1) is 9.50 Å². The Bertz CT molecular complexity index is 394. The van der Waals surface area contributed by atoms with Crippen LogP contribution in [0.15, 0.2) is 16.7 Å². The van der Waals surface area contributed by atoms with Crippen LogP contribution in [-0.2, 0) is 4.74 Å². The van der Waals surface area contributed by atoms with Crippen LogP contribution in [0.4, 0.5) is 5.82 Å². The van der Waals surface area contributed by atoms with Gasteiger partial charge in [-0.15, -0.1) is 0 Å². The highest BCUT2D eigenvalue weighted by atomic mass is 79.9. The van der Waals surface area contributed by atoms with Crippen molar-refractivity contribution >= 4 is 33.3 Å². The quantitative estimate of drug-likeness (QED) is 0.922. The topological polar surface area (TPSA) is 34.2 Å². The third-order valence-electron chi connectivity index (χ3n) is 3.19. The molecule has 1 aliphatic rings. The molecule has 0 unspecified atom stereocenters. The fraction of sp³-hybridized carbons (Fsp3) is 0.583. The first-order valence-corrected chi connectivity index (χ1v) is 6.89. The molecule has 1 aromatic rings. The third kappa shape index (κ3) is 3.57. The monoisotopic (exact) mass is 318 g/mol. The second-order valence-corrected chi connectivity index (χ2v) is 6.05. The largest absolute Gasteiger partial charge is 0.381 e. The SMILES string of the molecule is CC1(CNc2ncc(Cl)cc2Br)CCOCC1. The molecule has 0 aliphatic carbocycles. The van der Waals surface area contributed by atoms with Crippen LogP contribution >= 0.6 is 27.5 Å². The number of ether oxygens (including phenoxy) is 1. The molecule has 1 aromatic heterocycles. The van der Waals surface area contributed by atoms with Crippen LogP contribution in [0.25, 0.3) is 0 Å². The Morgan fingerprint density at radius 2 is 2.24 bits per heavy atom. The Morgan fingerprint density at radius 3 is 2.88 bits per heavy atom. The number of pyridine rings is 1. The summed E-state index contributed by atoms with van der Waals surface area (Å²) in [4.78, 5) is 4.27. The van der Waals surface area contributed by atoms with E-state index < -0.39 is 0 Å². The highest BCUT2D eigenvalue weighted by Gasteiger charge is 2.27. The molecule has 1 N–H and O–H groups in total. The summed E-state index contributed by atoms with van der Waals surface area (Å²) >= 11 is 9.31. The zero-order valence-corrected chi connectivity index (χ0v) is 12.1. The highest BCUT2D eigenvalue weighted by Crippen LogP contribution is 2.31. The van der Waals surface area contributed by atoms with Crippen molar-refractivity contribution in [2.45, 2.75) is 19.8 Å². The summed E-state index contributed by atoms with van der Waals surface area (Å²) in [5.74, 6) is 0.849. The van der Waals surface area contributed by atoms with E-state index in [0.29, 0.717) is 10.4 Å². The van der Waals surface area contributed by atoms with E-state index in [1.165, 1.54) is 0 Å². The van der Waals surface area contributed by atoms with Crippen LogP contribution in [0.3, 0.4) is 0 Å². The molecule has 0 radical (unpaired) electrons. The van der Waals surface area contributed by atoms with Gasteiger partial charge in [0, 0.05) is 26.0 Å². The van der Waals surface area contributed by atoms with Gasteiger partial charge >= 0.3 is 0 Å². The van der Waals surface area contributed by atoms with Gasteiger partial charge in [0.2, 0.25) is 0 Å². The molecule has 1 saturated heterocycles. The zero-order valence-electron chi connectivity index (χ0n) is 9.80. The summed E-state index contributed by atoms with van der Waals surface area (Å²) in [5, 5.41) is 4.02. The van der Waals surface area contributed by atoms with Gasteiger partial charge in [-0.3, -0.25) is 0 Å². The van der Waals surface area contributed by atoms with Crippen molar-refractivity contribution in [3.8, 4) is 0 Å². The van der Waals surface area contributed by atoms with E-state index in [-0.39, 0.29) is 0 Å². The van der Waals surface area contributed by atoms with E-state index in [2.05, 4.69) is 33.2 Å². The first-order chi connectivity index (χ1) is 8.09. The third-order valence-corrected chi connectivity index (χ3v) is 4.00. The molecular weight excluding hydrogens is 304 g/mol. The smallest absolute Gasteiger partial charge is 0.140 e. The normalized spacial score (nSPS) is 19.0. The van der Waals surface area contributed by atoms with Gasteiger partial charge in [0.25, 0.3) is 0 Å². The number of nitrogens with zero attached hydrogens (tertiary/aromatic N) is 1. The van der Waals surface area contributed by atoms with Crippen molar-refractivity contribution < 1.29 is 4.74 Å². The predicted molar refractivity (Wildman–Crippen MR) is 73.6 cm³/mol. The van der Waals surface area contributed by atoms with Gasteiger partial charge in [-0.25, -0.2) is 4.98 Å². The fourth-order valence-electron chi connectivity index (χ4n) is 1.88. The van der Waals surface area contributed by atoms with E-state index in [0.717, 1.165) is 42.9 Å². The Kier molecular flexibility index (Phi) is 4.28. The highest BCUT2D eigenvalue weighted by molar-refractivity contribution is 9.10. The van der Waals surface area contributed by atoms with Crippen LogP contribution in [0.1, 0.15) is 19.8 Å². The summed E-state index contributed by atoms with van der Waals surface area (Å²) < 4.78 is 6.29. The molecular formula is C12H16BrClN2O. The number of aromatic nitrogens is 1. The van der Waals surface area contributed by atoms with Crippen molar-refractivity contribution in [1.29, 1.82) is 0 Å². The summed E-state index contributed by atoms with van der Waals surface area (Å²) in [6, 6.07) is 1.85. The molecule has 94 valence electrons. The molecule has 2 rings (SSSR count). The van der Waals surface area contributed by atoms with E-state index >= 15 is 0 Å². The first kappa shape index (κ1) is 13.1. The molecule has 5 heteroatoms. The molecule has 17 heavy (non-hydrogen) atoms. The van der Waals surface area contributed by atoms with Gasteiger partial charge in [0.15, 0.2) is 0 Å². The number of hydrogen-bond donors (Lipinski definition) is 1. The van der Waals surface area contributed by atoms with Gasteiger partial charge in [0.1, 0.15) is 5.82 Å². The lowest BCUT2D eigenvalue weighted by atomic mass is 9.82. The molecule has 1 fully saturated rings. The van der Waals surface area contributed by atoms with Crippen molar-refractivity contribution in [2.24, 2.45) is 5.41 Å². The van der Waals surface area contributed by atoms with Crippen LogP contribution in [0, 0.1) is 5.41 Å². The average Bonchev–Trinajstić information content (AvgIpc) is 2.29. The van der Waals surface area contributed by atoms with Gasteiger partial charge in [-0.05, 0) is 40.3 Å². The molecule has 2 heterocycles. The minimum atomic E-state index is 0.291. The summed E-state index contributed by atoms with van der Waals surface area (Å²) in [6.07, 6.45) is 3.83. The summed E-state index contributed by atoms with van der Waals surface area (Å²) in [6.45, 7) is 4.90. The second-order valence-electron chi connectivity index (χ2n) is 4.76. The molecule has 0 bridgehead atoms. The minimum absolute atomic E-state index is 0.291. The van der Waals surface area contributed by atoms with Crippen molar-refractivity contribution in [1.82, 2.24) is 4.98 Å². The van der Waals surface area contributed by atoms with Crippen molar-refractivity contribution in [3.63, 3.8) is 0 Å². The maximum absolute atomic E-state index is 5.86. The van der Waals surface area contributed by atoms with E-state index in [1.54, 1.807) is 6.20 Å². The number of rotatable bonds is 3.